The van der Waals surface area contributed by atoms with Gasteiger partial charge in [0.15, 0.2) is 0 Å². The van der Waals surface area contributed by atoms with Gasteiger partial charge in [-0.3, -0.25) is 4.79 Å². The molecule has 1 fully saturated rings. The van der Waals surface area contributed by atoms with Gasteiger partial charge < -0.3 is 16.2 Å². The normalized spacial score (nSPS) is 27.6. The van der Waals surface area contributed by atoms with Crippen LogP contribution in [0.25, 0.3) is 0 Å². The Bertz CT molecular complexity index is 259. The number of rotatable bonds is 6. The lowest BCUT2D eigenvalue weighted by atomic mass is 9.78. The quantitative estimate of drug-likeness (QED) is 0.675. The van der Waals surface area contributed by atoms with E-state index in [9.17, 15) is 9.90 Å². The van der Waals surface area contributed by atoms with Gasteiger partial charge in [-0.05, 0) is 38.5 Å². The van der Waals surface area contributed by atoms with Crippen molar-refractivity contribution in [3.05, 3.63) is 0 Å². The number of carbonyl (C=O) groups is 1. The maximum atomic E-state index is 12.3. The second kappa shape index (κ2) is 8.02. The highest BCUT2D eigenvalue weighted by Crippen LogP contribution is 2.29. The van der Waals surface area contributed by atoms with Crippen LogP contribution in [0.4, 0.5) is 0 Å². The third kappa shape index (κ3) is 4.14. The average Bonchev–Trinajstić information content (AvgIpc) is 2.40. The zero-order valence-electron chi connectivity index (χ0n) is 11.4. The fraction of sp³-hybridized carbons (Fsp3) is 0.923. The molecule has 0 radical (unpaired) electrons. The van der Waals surface area contributed by atoms with E-state index in [4.69, 9.17) is 5.73 Å². The van der Waals surface area contributed by atoms with Crippen molar-refractivity contribution in [3.8, 4) is 0 Å². The Morgan fingerprint density at radius 1 is 1.50 bits per heavy atom. The average molecular weight is 274 g/mol. The first-order chi connectivity index (χ1) is 8.63. The van der Waals surface area contributed by atoms with E-state index in [0.29, 0.717) is 12.5 Å². The molecule has 1 amide bonds. The van der Waals surface area contributed by atoms with E-state index in [2.05, 4.69) is 5.32 Å². The molecular weight excluding hydrogens is 248 g/mol. The molecule has 0 aromatic heterocycles. The molecular formula is C13H26N2O2S. The number of aliphatic hydroxyl groups is 1. The number of thioether (sulfide) groups is 1. The number of nitrogens with two attached hydrogens (primary N) is 1. The third-order valence-electron chi connectivity index (χ3n) is 3.96. The Morgan fingerprint density at radius 3 is 2.72 bits per heavy atom. The van der Waals surface area contributed by atoms with Gasteiger partial charge in [-0.1, -0.05) is 12.8 Å². The molecule has 0 aliphatic heterocycles. The summed E-state index contributed by atoms with van der Waals surface area (Å²) < 4.78 is 0. The standard InChI is InChI=1S/C13H26N2O2S/c1-9(12(8-16)18-2)15-13(17)11-6-4-3-5-10(11)7-14/h9-12,16H,3-8,14H2,1-2H3,(H,15,17). The fourth-order valence-corrected chi connectivity index (χ4v) is 3.32. The summed E-state index contributed by atoms with van der Waals surface area (Å²) in [7, 11) is 0. The van der Waals surface area contributed by atoms with Crippen LogP contribution in [0, 0.1) is 11.8 Å². The predicted molar refractivity (Wildman–Crippen MR) is 76.5 cm³/mol. The molecule has 18 heavy (non-hydrogen) atoms. The summed E-state index contributed by atoms with van der Waals surface area (Å²) in [6.45, 7) is 2.64. The Hall–Kier alpha value is -0.260. The molecule has 4 atom stereocenters. The monoisotopic (exact) mass is 274 g/mol. The molecule has 0 saturated heterocycles. The topological polar surface area (TPSA) is 75.3 Å². The van der Waals surface area contributed by atoms with Gasteiger partial charge in [-0.15, -0.1) is 0 Å². The molecule has 0 spiro atoms. The Morgan fingerprint density at radius 2 is 2.17 bits per heavy atom. The van der Waals surface area contributed by atoms with Crippen LogP contribution < -0.4 is 11.1 Å². The highest BCUT2D eigenvalue weighted by molar-refractivity contribution is 7.99. The van der Waals surface area contributed by atoms with Gasteiger partial charge in [-0.25, -0.2) is 0 Å². The van der Waals surface area contributed by atoms with E-state index < -0.39 is 0 Å². The highest BCUT2D eigenvalue weighted by atomic mass is 32.2. The van der Waals surface area contributed by atoms with E-state index in [1.165, 1.54) is 6.42 Å². The summed E-state index contributed by atoms with van der Waals surface area (Å²) in [6.07, 6.45) is 6.27. The van der Waals surface area contributed by atoms with E-state index in [1.54, 1.807) is 11.8 Å². The van der Waals surface area contributed by atoms with Crippen LogP contribution in [0.15, 0.2) is 0 Å². The van der Waals surface area contributed by atoms with Crippen molar-refractivity contribution in [2.75, 3.05) is 19.4 Å². The van der Waals surface area contributed by atoms with E-state index in [-0.39, 0.29) is 29.7 Å². The molecule has 1 rings (SSSR count). The van der Waals surface area contributed by atoms with Crippen LogP contribution >= 0.6 is 11.8 Å². The lowest BCUT2D eigenvalue weighted by Gasteiger charge is -2.31. The number of amides is 1. The summed E-state index contributed by atoms with van der Waals surface area (Å²) in [4.78, 5) is 12.3. The Kier molecular flexibility index (Phi) is 7.04. The summed E-state index contributed by atoms with van der Waals surface area (Å²) in [6, 6.07) is -0.00199. The van der Waals surface area contributed by atoms with Crippen molar-refractivity contribution >= 4 is 17.7 Å². The second-order valence-corrected chi connectivity index (χ2v) is 6.22. The van der Waals surface area contributed by atoms with Gasteiger partial charge in [0.25, 0.3) is 0 Å². The van der Waals surface area contributed by atoms with Crippen LogP contribution in [0.5, 0.6) is 0 Å². The minimum atomic E-state index is -0.00199. The Balaban J connectivity index is 2.52. The van der Waals surface area contributed by atoms with Crippen molar-refractivity contribution in [3.63, 3.8) is 0 Å². The predicted octanol–water partition coefficient (Wildman–Crippen LogP) is 0.980. The first-order valence-electron chi connectivity index (χ1n) is 6.78. The largest absolute Gasteiger partial charge is 0.395 e. The molecule has 0 bridgehead atoms. The molecule has 4 nitrogen and oxygen atoms in total. The number of aliphatic hydroxyl groups excluding tert-OH is 1. The highest BCUT2D eigenvalue weighted by Gasteiger charge is 2.31. The lowest BCUT2D eigenvalue weighted by Crippen LogP contribution is -2.47. The summed E-state index contributed by atoms with van der Waals surface area (Å²) in [5.74, 6) is 0.505. The number of hydrogen-bond acceptors (Lipinski definition) is 4. The van der Waals surface area contributed by atoms with Crippen molar-refractivity contribution in [1.82, 2.24) is 5.32 Å². The van der Waals surface area contributed by atoms with E-state index >= 15 is 0 Å². The smallest absolute Gasteiger partial charge is 0.223 e. The summed E-state index contributed by atoms with van der Waals surface area (Å²) in [5, 5.41) is 12.3. The lowest BCUT2D eigenvalue weighted by molar-refractivity contribution is -0.128. The Labute approximate surface area is 114 Å². The van der Waals surface area contributed by atoms with Gasteiger partial charge in [0.2, 0.25) is 5.91 Å². The number of nitrogens with one attached hydrogen (secondary N) is 1. The van der Waals surface area contributed by atoms with Crippen molar-refractivity contribution < 1.29 is 9.90 Å². The zero-order valence-corrected chi connectivity index (χ0v) is 12.2. The molecule has 4 unspecified atom stereocenters. The number of hydrogen-bond donors (Lipinski definition) is 3. The molecule has 1 aliphatic rings. The molecule has 0 aromatic rings. The maximum absolute atomic E-state index is 12.3. The van der Waals surface area contributed by atoms with Crippen LogP contribution in [-0.2, 0) is 4.79 Å². The van der Waals surface area contributed by atoms with E-state index in [0.717, 1.165) is 19.3 Å². The van der Waals surface area contributed by atoms with Gasteiger partial charge in [-0.2, -0.15) is 11.8 Å². The van der Waals surface area contributed by atoms with Gasteiger partial charge in [0.1, 0.15) is 0 Å². The summed E-state index contributed by atoms with van der Waals surface area (Å²) in [5.41, 5.74) is 5.75. The zero-order chi connectivity index (χ0) is 13.5. The third-order valence-corrected chi connectivity index (χ3v) is 5.12. The first-order valence-corrected chi connectivity index (χ1v) is 8.06. The molecule has 106 valence electrons. The molecule has 0 aromatic carbocycles. The van der Waals surface area contributed by atoms with E-state index in [1.807, 2.05) is 13.2 Å². The van der Waals surface area contributed by atoms with Gasteiger partial charge in [0, 0.05) is 17.2 Å². The SMILES string of the molecule is CSC(CO)C(C)NC(=O)C1CCCCC1CN. The summed E-state index contributed by atoms with van der Waals surface area (Å²) >= 11 is 1.58. The maximum Gasteiger partial charge on any atom is 0.223 e. The second-order valence-electron chi connectivity index (χ2n) is 5.14. The molecule has 1 aliphatic carbocycles. The molecule has 0 heterocycles. The fourth-order valence-electron chi connectivity index (χ4n) is 2.70. The minimum Gasteiger partial charge on any atom is -0.395 e. The van der Waals surface area contributed by atoms with Crippen molar-refractivity contribution in [2.24, 2.45) is 17.6 Å². The molecule has 4 N–H and O–H groups in total. The first kappa shape index (κ1) is 15.8. The van der Waals surface area contributed by atoms with Crippen LogP contribution in [0.2, 0.25) is 0 Å². The van der Waals surface area contributed by atoms with Crippen molar-refractivity contribution in [1.29, 1.82) is 0 Å². The van der Waals surface area contributed by atoms with Gasteiger partial charge >= 0.3 is 0 Å². The molecule has 1 saturated carbocycles. The van der Waals surface area contributed by atoms with Crippen molar-refractivity contribution in [2.45, 2.75) is 43.9 Å². The van der Waals surface area contributed by atoms with Crippen LogP contribution in [0.3, 0.4) is 0 Å². The minimum absolute atomic E-state index is 0.00199. The number of carbonyl (C=O) groups excluding carboxylic acids is 1. The van der Waals surface area contributed by atoms with Crippen LogP contribution in [-0.4, -0.2) is 41.7 Å². The van der Waals surface area contributed by atoms with Crippen LogP contribution in [0.1, 0.15) is 32.6 Å². The molecule has 5 heteroatoms. The van der Waals surface area contributed by atoms with Gasteiger partial charge in [0.05, 0.1) is 6.61 Å².